The summed E-state index contributed by atoms with van der Waals surface area (Å²) in [5.74, 6) is -0.852. The molecule has 1 aliphatic carbocycles. The molecule has 0 heterocycles. The number of ketones is 2. The second-order valence-electron chi connectivity index (χ2n) is 5.22. The van der Waals surface area contributed by atoms with Crippen LogP contribution in [0, 0.1) is 0 Å². The number of carbonyl (C=O) groups excluding carboxylic acids is 2. The maximum atomic E-state index is 11.8. The van der Waals surface area contributed by atoms with Gasteiger partial charge in [0.05, 0.1) is 0 Å². The first kappa shape index (κ1) is 13.9. The number of nitrogens with two attached hydrogens (primary N) is 2. The summed E-state index contributed by atoms with van der Waals surface area (Å²) in [6.45, 7) is 0. The van der Waals surface area contributed by atoms with Crippen LogP contribution in [0.2, 0.25) is 0 Å². The minimum Gasteiger partial charge on any atom is -0.399 e. The summed E-state index contributed by atoms with van der Waals surface area (Å²) in [6, 6.07) is 12.8. The van der Waals surface area contributed by atoms with Gasteiger partial charge in [-0.25, -0.2) is 0 Å². The lowest BCUT2D eigenvalue weighted by molar-refractivity contribution is -0.144. The molecule has 2 aromatic rings. The molecule has 2 aromatic carbocycles. The van der Waals surface area contributed by atoms with Crippen molar-refractivity contribution in [1.29, 1.82) is 0 Å². The molecule has 3 rings (SSSR count). The van der Waals surface area contributed by atoms with Crippen molar-refractivity contribution in [3.63, 3.8) is 0 Å². The van der Waals surface area contributed by atoms with Crippen molar-refractivity contribution in [1.82, 2.24) is 0 Å². The monoisotopic (exact) mass is 296 g/mol. The van der Waals surface area contributed by atoms with E-state index in [1.54, 1.807) is 48.5 Å². The van der Waals surface area contributed by atoms with E-state index in [1.165, 1.54) is 0 Å². The zero-order chi connectivity index (χ0) is 15.7. The molecule has 2 unspecified atom stereocenters. The molecule has 0 amide bonds. The van der Waals surface area contributed by atoms with E-state index in [0.29, 0.717) is 11.4 Å². The van der Waals surface area contributed by atoms with Crippen LogP contribution in [-0.2, 0) is 9.59 Å². The number of hydrogen-bond acceptors (Lipinski definition) is 6. The Labute approximate surface area is 127 Å². The van der Waals surface area contributed by atoms with E-state index in [1.807, 2.05) is 0 Å². The zero-order valence-electron chi connectivity index (χ0n) is 11.7. The Morgan fingerprint density at radius 2 is 0.955 bits per heavy atom. The second-order valence-corrected chi connectivity index (χ2v) is 5.22. The van der Waals surface area contributed by atoms with Crippen LogP contribution in [0.3, 0.4) is 0 Å². The number of benzene rings is 2. The van der Waals surface area contributed by atoms with E-state index in [0.717, 1.165) is 11.4 Å². The van der Waals surface area contributed by atoms with Gasteiger partial charge in [-0.1, -0.05) is 0 Å². The van der Waals surface area contributed by atoms with Gasteiger partial charge in [-0.3, -0.25) is 9.59 Å². The van der Waals surface area contributed by atoms with Gasteiger partial charge in [-0.05, 0) is 48.5 Å². The van der Waals surface area contributed by atoms with Crippen LogP contribution in [0.15, 0.2) is 48.5 Å². The highest BCUT2D eigenvalue weighted by Crippen LogP contribution is 2.23. The number of anilines is 4. The number of rotatable bonds is 4. The summed E-state index contributed by atoms with van der Waals surface area (Å²) in [4.78, 5) is 23.6. The number of hydrogen-bond donors (Lipinski definition) is 4. The molecule has 22 heavy (non-hydrogen) atoms. The van der Waals surface area contributed by atoms with Crippen molar-refractivity contribution in [2.45, 2.75) is 12.1 Å². The fourth-order valence-electron chi connectivity index (χ4n) is 2.33. The maximum Gasteiger partial charge on any atom is 0.225 e. The van der Waals surface area contributed by atoms with Crippen molar-refractivity contribution in [2.75, 3.05) is 22.1 Å². The van der Waals surface area contributed by atoms with Crippen molar-refractivity contribution in [2.24, 2.45) is 0 Å². The minimum absolute atomic E-state index is 0.426. The van der Waals surface area contributed by atoms with Gasteiger partial charge in [0.15, 0.2) is 0 Å². The molecule has 112 valence electrons. The highest BCUT2D eigenvalue weighted by atomic mass is 16.2. The Morgan fingerprint density at radius 1 is 0.636 bits per heavy atom. The Hall–Kier alpha value is -3.02. The van der Waals surface area contributed by atoms with Crippen molar-refractivity contribution >= 4 is 34.3 Å². The molecule has 1 saturated carbocycles. The second kappa shape index (κ2) is 5.40. The summed E-state index contributed by atoms with van der Waals surface area (Å²) in [5.41, 5.74) is 14.0. The summed E-state index contributed by atoms with van der Waals surface area (Å²) in [6.07, 6.45) is 0. The molecular formula is C16H16N4O2. The Bertz CT molecular complexity index is 646. The number of Topliss-reactive ketones (excluding diaryl/α,β-unsaturated/α-hetero) is 2. The lowest BCUT2D eigenvalue weighted by Gasteiger charge is -2.35. The lowest BCUT2D eigenvalue weighted by Crippen LogP contribution is -2.64. The van der Waals surface area contributed by atoms with Crippen LogP contribution in [0.5, 0.6) is 0 Å². The number of carbonyl (C=O) groups is 2. The molecule has 0 radical (unpaired) electrons. The van der Waals surface area contributed by atoms with Crippen LogP contribution < -0.4 is 22.1 Å². The predicted molar refractivity (Wildman–Crippen MR) is 86.5 cm³/mol. The smallest absolute Gasteiger partial charge is 0.225 e. The van der Waals surface area contributed by atoms with E-state index < -0.39 is 23.7 Å². The quantitative estimate of drug-likeness (QED) is 0.499. The van der Waals surface area contributed by atoms with E-state index in [4.69, 9.17) is 11.5 Å². The van der Waals surface area contributed by atoms with Crippen molar-refractivity contribution in [3.8, 4) is 0 Å². The predicted octanol–water partition coefficient (Wildman–Crippen LogP) is 1.26. The van der Waals surface area contributed by atoms with E-state index in [2.05, 4.69) is 10.6 Å². The molecule has 1 fully saturated rings. The molecule has 0 saturated heterocycles. The van der Waals surface area contributed by atoms with E-state index in [-0.39, 0.29) is 0 Å². The molecule has 6 nitrogen and oxygen atoms in total. The molecule has 6 heteroatoms. The zero-order valence-corrected chi connectivity index (χ0v) is 11.7. The highest BCUT2D eigenvalue weighted by Gasteiger charge is 2.49. The van der Waals surface area contributed by atoms with Gasteiger partial charge < -0.3 is 22.1 Å². The van der Waals surface area contributed by atoms with Gasteiger partial charge in [-0.15, -0.1) is 0 Å². The molecule has 6 N–H and O–H groups in total. The summed E-state index contributed by atoms with van der Waals surface area (Å²) >= 11 is 0. The molecular weight excluding hydrogens is 280 g/mol. The minimum atomic E-state index is -0.589. The number of nitrogen functional groups attached to an aromatic ring is 2. The van der Waals surface area contributed by atoms with Crippen LogP contribution in [-0.4, -0.2) is 23.7 Å². The average molecular weight is 296 g/mol. The third-order valence-electron chi connectivity index (χ3n) is 3.61. The molecule has 0 aliphatic heterocycles. The van der Waals surface area contributed by atoms with Gasteiger partial charge in [0.25, 0.3) is 0 Å². The molecule has 1 aliphatic rings. The standard InChI is InChI=1S/C16H16N4O2/c17-9-1-5-11(6-2-9)19-13-14(16(22)15(13)21)20-12-7-3-10(18)4-8-12/h1-8,13-14,19-20H,17-18H2. The van der Waals surface area contributed by atoms with Gasteiger partial charge >= 0.3 is 0 Å². The summed E-state index contributed by atoms with van der Waals surface area (Å²) < 4.78 is 0. The van der Waals surface area contributed by atoms with Crippen LogP contribution in [0.25, 0.3) is 0 Å². The van der Waals surface area contributed by atoms with Crippen LogP contribution >= 0.6 is 0 Å². The third-order valence-corrected chi connectivity index (χ3v) is 3.61. The topological polar surface area (TPSA) is 110 Å². The third kappa shape index (κ3) is 2.58. The largest absolute Gasteiger partial charge is 0.399 e. The normalized spacial score (nSPS) is 20.4. The summed E-state index contributed by atoms with van der Waals surface area (Å²) in [5, 5.41) is 6.11. The Morgan fingerprint density at radius 3 is 1.27 bits per heavy atom. The van der Waals surface area contributed by atoms with E-state index in [9.17, 15) is 9.59 Å². The van der Waals surface area contributed by atoms with Gasteiger partial charge in [-0.2, -0.15) is 0 Å². The number of nitrogens with one attached hydrogen (secondary N) is 2. The van der Waals surface area contributed by atoms with Crippen LogP contribution in [0.4, 0.5) is 22.7 Å². The molecule has 0 bridgehead atoms. The average Bonchev–Trinajstić information content (AvgIpc) is 2.54. The van der Waals surface area contributed by atoms with Gasteiger partial charge in [0, 0.05) is 22.7 Å². The maximum absolute atomic E-state index is 11.8. The molecule has 0 spiro atoms. The Balaban J connectivity index is 1.72. The molecule has 0 aromatic heterocycles. The fraction of sp³-hybridized carbons (Fsp3) is 0.125. The van der Waals surface area contributed by atoms with E-state index >= 15 is 0 Å². The first-order chi connectivity index (χ1) is 10.5. The van der Waals surface area contributed by atoms with Crippen molar-refractivity contribution < 1.29 is 9.59 Å². The summed E-state index contributed by atoms with van der Waals surface area (Å²) in [7, 11) is 0. The van der Waals surface area contributed by atoms with Gasteiger partial charge in [0.1, 0.15) is 12.1 Å². The first-order valence-electron chi connectivity index (χ1n) is 6.87. The van der Waals surface area contributed by atoms with Crippen LogP contribution in [0.1, 0.15) is 0 Å². The Kier molecular flexibility index (Phi) is 3.42. The highest BCUT2D eigenvalue weighted by molar-refractivity contribution is 6.50. The fourth-order valence-corrected chi connectivity index (χ4v) is 2.33. The SMILES string of the molecule is Nc1ccc(NC2C(=O)C(=O)C2Nc2ccc(N)cc2)cc1. The molecule has 2 atom stereocenters. The first-order valence-corrected chi connectivity index (χ1v) is 6.87. The van der Waals surface area contributed by atoms with Crippen molar-refractivity contribution in [3.05, 3.63) is 48.5 Å². The van der Waals surface area contributed by atoms with Gasteiger partial charge in [0.2, 0.25) is 11.6 Å². The lowest BCUT2D eigenvalue weighted by atomic mass is 9.82.